The Kier molecular flexibility index (Phi) is 3.84. The Morgan fingerprint density at radius 1 is 1.33 bits per heavy atom. The van der Waals surface area contributed by atoms with Crippen molar-refractivity contribution >= 4 is 11.3 Å². The van der Waals surface area contributed by atoms with Crippen molar-refractivity contribution in [2.24, 2.45) is 0 Å². The molecule has 3 rings (SSSR count). The molecule has 1 saturated carbocycles. The van der Waals surface area contributed by atoms with Gasteiger partial charge in [0.1, 0.15) is 5.01 Å². The molecule has 2 aromatic rings. The molecule has 0 saturated heterocycles. The Balaban J connectivity index is 1.96. The van der Waals surface area contributed by atoms with Crippen LogP contribution in [0.2, 0.25) is 0 Å². The van der Waals surface area contributed by atoms with Crippen LogP contribution in [-0.2, 0) is 12.0 Å². The second-order valence-electron chi connectivity index (χ2n) is 6.89. The maximum atomic E-state index is 4.95. The van der Waals surface area contributed by atoms with E-state index in [0.29, 0.717) is 0 Å². The van der Waals surface area contributed by atoms with Gasteiger partial charge in [0.05, 0.1) is 5.69 Å². The zero-order valence-corrected chi connectivity index (χ0v) is 14.0. The van der Waals surface area contributed by atoms with E-state index in [1.54, 1.807) is 0 Å². The average molecular weight is 301 g/mol. The Bertz CT molecular complexity index is 636. The zero-order valence-electron chi connectivity index (χ0n) is 13.2. The highest BCUT2D eigenvalue weighted by molar-refractivity contribution is 7.15. The van der Waals surface area contributed by atoms with Crippen LogP contribution in [0.1, 0.15) is 49.7 Å². The van der Waals surface area contributed by atoms with Gasteiger partial charge in [0.25, 0.3) is 0 Å². The van der Waals surface area contributed by atoms with Gasteiger partial charge in [-0.3, -0.25) is 4.98 Å². The fourth-order valence-corrected chi connectivity index (χ4v) is 3.68. The first kappa shape index (κ1) is 14.7. The Morgan fingerprint density at radius 3 is 2.71 bits per heavy atom. The molecule has 1 aliphatic carbocycles. The molecule has 1 fully saturated rings. The molecule has 0 aromatic carbocycles. The van der Waals surface area contributed by atoms with Crippen molar-refractivity contribution < 1.29 is 0 Å². The second-order valence-corrected chi connectivity index (χ2v) is 7.97. The topological polar surface area (TPSA) is 37.8 Å². The van der Waals surface area contributed by atoms with Gasteiger partial charge in [0.15, 0.2) is 0 Å². The predicted octanol–water partition coefficient (Wildman–Crippen LogP) is 4.06. The molecule has 4 heteroatoms. The van der Waals surface area contributed by atoms with E-state index >= 15 is 0 Å². The third-order valence-electron chi connectivity index (χ3n) is 3.81. The number of nitrogens with one attached hydrogen (secondary N) is 1. The molecule has 21 heavy (non-hydrogen) atoms. The summed E-state index contributed by atoms with van der Waals surface area (Å²) in [6.45, 7) is 9.78. The van der Waals surface area contributed by atoms with Crippen molar-refractivity contribution in [1.29, 1.82) is 0 Å². The Hall–Kier alpha value is -1.26. The first-order chi connectivity index (χ1) is 9.95. The molecule has 0 bridgehead atoms. The molecule has 112 valence electrons. The summed E-state index contributed by atoms with van der Waals surface area (Å²) in [6.07, 6.45) is 6.40. The van der Waals surface area contributed by atoms with Crippen LogP contribution in [0, 0.1) is 6.92 Å². The van der Waals surface area contributed by atoms with Gasteiger partial charge in [-0.25, -0.2) is 4.98 Å². The van der Waals surface area contributed by atoms with Gasteiger partial charge in [0.2, 0.25) is 0 Å². The predicted molar refractivity (Wildman–Crippen MR) is 88.6 cm³/mol. The van der Waals surface area contributed by atoms with Gasteiger partial charge in [-0.05, 0) is 31.4 Å². The van der Waals surface area contributed by atoms with Crippen LogP contribution in [0.5, 0.6) is 0 Å². The van der Waals surface area contributed by atoms with E-state index in [1.807, 2.05) is 23.7 Å². The minimum Gasteiger partial charge on any atom is -0.309 e. The minimum absolute atomic E-state index is 0.0748. The molecular weight excluding hydrogens is 278 g/mol. The molecule has 2 aromatic heterocycles. The Morgan fingerprint density at radius 2 is 2.10 bits per heavy atom. The molecule has 3 nitrogen and oxygen atoms in total. The van der Waals surface area contributed by atoms with Gasteiger partial charge in [-0.2, -0.15) is 0 Å². The molecular formula is C17H23N3S. The van der Waals surface area contributed by atoms with Crippen LogP contribution < -0.4 is 5.32 Å². The van der Waals surface area contributed by atoms with Crippen LogP contribution in [0.25, 0.3) is 10.6 Å². The molecule has 2 heterocycles. The summed E-state index contributed by atoms with van der Waals surface area (Å²) >= 11 is 1.81. The van der Waals surface area contributed by atoms with Gasteiger partial charge in [-0.1, -0.05) is 20.8 Å². The number of aryl methyl sites for hydroxylation is 1. The van der Waals surface area contributed by atoms with Crippen molar-refractivity contribution in [3.8, 4) is 10.6 Å². The first-order valence-electron chi connectivity index (χ1n) is 7.59. The van der Waals surface area contributed by atoms with Crippen LogP contribution in [-0.4, -0.2) is 16.0 Å². The molecule has 1 N–H and O–H groups in total. The fourth-order valence-electron chi connectivity index (χ4n) is 2.39. The van der Waals surface area contributed by atoms with Crippen molar-refractivity contribution in [2.45, 2.75) is 58.5 Å². The normalized spacial score (nSPS) is 15.4. The number of hydrogen-bond acceptors (Lipinski definition) is 4. The zero-order chi connectivity index (χ0) is 15.0. The van der Waals surface area contributed by atoms with Crippen molar-refractivity contribution in [2.75, 3.05) is 0 Å². The number of thiazole rings is 1. The van der Waals surface area contributed by atoms with Crippen molar-refractivity contribution in [1.82, 2.24) is 15.3 Å². The maximum absolute atomic E-state index is 4.95. The van der Waals surface area contributed by atoms with Crippen LogP contribution in [0.4, 0.5) is 0 Å². The van der Waals surface area contributed by atoms with Gasteiger partial charge in [-0.15, -0.1) is 11.3 Å². The third-order valence-corrected chi connectivity index (χ3v) is 4.89. The first-order valence-corrected chi connectivity index (χ1v) is 8.41. The summed E-state index contributed by atoms with van der Waals surface area (Å²) in [5.41, 5.74) is 3.69. The second kappa shape index (κ2) is 5.50. The summed E-state index contributed by atoms with van der Waals surface area (Å²) in [5, 5.41) is 4.72. The van der Waals surface area contributed by atoms with E-state index in [1.165, 1.54) is 29.0 Å². The van der Waals surface area contributed by atoms with Gasteiger partial charge >= 0.3 is 0 Å². The largest absolute Gasteiger partial charge is 0.309 e. The number of rotatable bonds is 4. The maximum Gasteiger partial charge on any atom is 0.125 e. The number of hydrogen-bond donors (Lipinski definition) is 1. The number of nitrogens with zero attached hydrogens (tertiary/aromatic N) is 2. The summed E-state index contributed by atoms with van der Waals surface area (Å²) in [7, 11) is 0. The number of pyridine rings is 1. The van der Waals surface area contributed by atoms with E-state index in [0.717, 1.165) is 23.2 Å². The average Bonchev–Trinajstić information content (AvgIpc) is 3.14. The highest BCUT2D eigenvalue weighted by Gasteiger charge is 2.26. The third kappa shape index (κ3) is 3.33. The van der Waals surface area contributed by atoms with E-state index < -0.39 is 0 Å². The summed E-state index contributed by atoms with van der Waals surface area (Å²) < 4.78 is 0. The summed E-state index contributed by atoms with van der Waals surface area (Å²) in [5.74, 6) is 0. The van der Waals surface area contributed by atoms with E-state index in [4.69, 9.17) is 4.98 Å². The highest BCUT2D eigenvalue weighted by atomic mass is 32.1. The van der Waals surface area contributed by atoms with E-state index in [2.05, 4.69) is 44.1 Å². The van der Waals surface area contributed by atoms with Crippen LogP contribution >= 0.6 is 11.3 Å². The lowest BCUT2D eigenvalue weighted by molar-refractivity contribution is 0.559. The SMILES string of the molecule is Cc1ccncc1-c1nc(C(C)(C)C)c(CNC2CC2)s1. The summed E-state index contributed by atoms with van der Waals surface area (Å²) in [6, 6.07) is 2.78. The fraction of sp³-hybridized carbons (Fsp3) is 0.529. The quantitative estimate of drug-likeness (QED) is 0.925. The molecule has 0 aliphatic heterocycles. The van der Waals surface area contributed by atoms with Gasteiger partial charge in [0, 0.05) is 40.8 Å². The Labute approximate surface area is 130 Å². The monoisotopic (exact) mass is 301 g/mol. The highest BCUT2D eigenvalue weighted by Crippen LogP contribution is 2.35. The van der Waals surface area contributed by atoms with E-state index in [-0.39, 0.29) is 5.41 Å². The lowest BCUT2D eigenvalue weighted by Gasteiger charge is -2.17. The number of aromatic nitrogens is 2. The van der Waals surface area contributed by atoms with Crippen molar-refractivity contribution in [3.63, 3.8) is 0 Å². The van der Waals surface area contributed by atoms with Crippen LogP contribution in [0.15, 0.2) is 18.5 Å². The molecule has 0 amide bonds. The molecule has 0 unspecified atom stereocenters. The van der Waals surface area contributed by atoms with E-state index in [9.17, 15) is 0 Å². The minimum atomic E-state index is 0.0748. The standard InChI is InChI=1S/C17H23N3S/c1-11-7-8-18-9-13(11)16-20-15(17(2,3)4)14(21-16)10-19-12-5-6-12/h7-9,12,19H,5-6,10H2,1-4H3. The molecule has 0 spiro atoms. The van der Waals surface area contributed by atoms with Crippen molar-refractivity contribution in [3.05, 3.63) is 34.6 Å². The van der Waals surface area contributed by atoms with Crippen LogP contribution in [0.3, 0.4) is 0 Å². The summed E-state index contributed by atoms with van der Waals surface area (Å²) in [4.78, 5) is 10.6. The lowest BCUT2D eigenvalue weighted by atomic mass is 9.91. The molecule has 0 atom stereocenters. The molecule has 1 aliphatic rings. The van der Waals surface area contributed by atoms with Gasteiger partial charge < -0.3 is 5.32 Å². The lowest BCUT2D eigenvalue weighted by Crippen LogP contribution is -2.19. The molecule has 0 radical (unpaired) electrons. The smallest absolute Gasteiger partial charge is 0.125 e.